The topological polar surface area (TPSA) is 95.9 Å². The average molecular weight is 362 g/mol. The van der Waals surface area contributed by atoms with Crippen molar-refractivity contribution in [2.24, 2.45) is 5.41 Å². The smallest absolute Gasteiger partial charge is 0.339 e. The van der Waals surface area contributed by atoms with Gasteiger partial charge in [0.15, 0.2) is 0 Å². The van der Waals surface area contributed by atoms with Crippen LogP contribution < -0.4 is 10.1 Å². The van der Waals surface area contributed by atoms with Crippen LogP contribution in [0.1, 0.15) is 50.4 Å². The average Bonchev–Trinajstić information content (AvgIpc) is 3.02. The Morgan fingerprint density at radius 3 is 2.58 bits per heavy atom. The highest BCUT2D eigenvalue weighted by atomic mass is 16.5. The number of anilines is 1. The summed E-state index contributed by atoms with van der Waals surface area (Å²) >= 11 is 0. The summed E-state index contributed by atoms with van der Waals surface area (Å²) in [4.78, 5) is 37.9. The lowest BCUT2D eigenvalue weighted by molar-refractivity contribution is -0.138. The molecule has 7 heteroatoms. The van der Waals surface area contributed by atoms with Crippen molar-refractivity contribution in [3.05, 3.63) is 23.8 Å². The largest absolute Gasteiger partial charge is 0.496 e. The molecule has 1 saturated heterocycles. The minimum absolute atomic E-state index is 0.0195. The van der Waals surface area contributed by atoms with Crippen LogP contribution in [0.4, 0.5) is 5.69 Å². The van der Waals surface area contributed by atoms with Crippen molar-refractivity contribution in [1.82, 2.24) is 4.90 Å². The number of amides is 2. The van der Waals surface area contributed by atoms with E-state index in [0.29, 0.717) is 25.1 Å². The summed E-state index contributed by atoms with van der Waals surface area (Å²) < 4.78 is 5.07. The minimum Gasteiger partial charge on any atom is -0.496 e. The van der Waals surface area contributed by atoms with E-state index in [2.05, 4.69) is 5.32 Å². The molecule has 0 aromatic heterocycles. The zero-order valence-electron chi connectivity index (χ0n) is 15.7. The number of hydrogen-bond donors (Lipinski definition) is 2. The summed E-state index contributed by atoms with van der Waals surface area (Å²) in [5.74, 6) is -1.22. The molecule has 1 unspecified atom stereocenters. The third-order valence-electron chi connectivity index (χ3n) is 4.26. The van der Waals surface area contributed by atoms with Crippen molar-refractivity contribution in [2.45, 2.75) is 46.1 Å². The van der Waals surface area contributed by atoms with Crippen LogP contribution >= 0.6 is 0 Å². The van der Waals surface area contributed by atoms with Gasteiger partial charge >= 0.3 is 5.97 Å². The lowest BCUT2D eigenvalue weighted by Crippen LogP contribution is -2.44. The first-order chi connectivity index (χ1) is 12.1. The number of rotatable bonds is 5. The standard InChI is InChI=1S/C19H26N2O5/c1-19(2,3)11-16(22)21-9-5-6-14(21)17(23)20-12-7-8-13(18(24)25)15(10-12)26-4/h7-8,10,14H,5-6,9,11H2,1-4H3,(H,20,23)(H,24,25). The summed E-state index contributed by atoms with van der Waals surface area (Å²) in [6.45, 7) is 6.55. The Kier molecular flexibility index (Phi) is 5.90. The maximum absolute atomic E-state index is 12.7. The summed E-state index contributed by atoms with van der Waals surface area (Å²) in [5.41, 5.74) is 0.320. The van der Waals surface area contributed by atoms with E-state index in [4.69, 9.17) is 9.84 Å². The molecule has 7 nitrogen and oxygen atoms in total. The van der Waals surface area contributed by atoms with E-state index < -0.39 is 12.0 Å². The number of benzene rings is 1. The zero-order chi connectivity index (χ0) is 19.5. The number of carbonyl (C=O) groups excluding carboxylic acids is 2. The highest BCUT2D eigenvalue weighted by molar-refractivity contribution is 5.98. The maximum atomic E-state index is 12.7. The fourth-order valence-corrected chi connectivity index (χ4v) is 3.06. The number of aromatic carboxylic acids is 1. The summed E-state index contributed by atoms with van der Waals surface area (Å²) in [5, 5.41) is 11.9. The van der Waals surface area contributed by atoms with E-state index in [-0.39, 0.29) is 28.5 Å². The van der Waals surface area contributed by atoms with Gasteiger partial charge in [0, 0.05) is 24.7 Å². The number of carboxylic acid groups (broad SMARTS) is 1. The second-order valence-electron chi connectivity index (χ2n) is 7.69. The molecule has 1 aliphatic heterocycles. The number of nitrogens with one attached hydrogen (secondary N) is 1. The van der Waals surface area contributed by atoms with E-state index in [9.17, 15) is 14.4 Å². The number of methoxy groups -OCH3 is 1. The van der Waals surface area contributed by atoms with Gasteiger partial charge in [-0.15, -0.1) is 0 Å². The van der Waals surface area contributed by atoms with E-state index in [0.717, 1.165) is 6.42 Å². The Labute approximate surface area is 153 Å². The molecule has 0 saturated carbocycles. The highest BCUT2D eigenvalue weighted by Crippen LogP contribution is 2.27. The summed E-state index contributed by atoms with van der Waals surface area (Å²) in [6, 6.07) is 3.86. The Balaban J connectivity index is 2.11. The van der Waals surface area contributed by atoms with E-state index in [1.807, 2.05) is 20.8 Å². The van der Waals surface area contributed by atoms with Crippen molar-refractivity contribution in [3.8, 4) is 5.75 Å². The monoisotopic (exact) mass is 362 g/mol. The van der Waals surface area contributed by atoms with Crippen LogP contribution in [0.2, 0.25) is 0 Å². The molecule has 2 N–H and O–H groups in total. The molecule has 0 aliphatic carbocycles. The number of carbonyl (C=O) groups is 3. The lowest BCUT2D eigenvalue weighted by Gasteiger charge is -2.27. The van der Waals surface area contributed by atoms with Crippen LogP contribution in [0.3, 0.4) is 0 Å². The first-order valence-corrected chi connectivity index (χ1v) is 8.64. The molecular weight excluding hydrogens is 336 g/mol. The van der Waals surface area contributed by atoms with Crippen molar-refractivity contribution in [1.29, 1.82) is 0 Å². The molecule has 1 aromatic rings. The van der Waals surface area contributed by atoms with E-state index in [1.165, 1.54) is 25.3 Å². The molecule has 1 aliphatic rings. The molecule has 1 atom stereocenters. The zero-order valence-corrected chi connectivity index (χ0v) is 15.7. The van der Waals surface area contributed by atoms with Gasteiger partial charge in [-0.1, -0.05) is 20.8 Å². The van der Waals surface area contributed by atoms with Gasteiger partial charge in [0.2, 0.25) is 11.8 Å². The predicted molar refractivity (Wildman–Crippen MR) is 97.4 cm³/mol. The highest BCUT2D eigenvalue weighted by Gasteiger charge is 2.35. The van der Waals surface area contributed by atoms with Crippen LogP contribution in [0.25, 0.3) is 0 Å². The normalized spacial score (nSPS) is 17.1. The Morgan fingerprint density at radius 1 is 1.31 bits per heavy atom. The van der Waals surface area contributed by atoms with Crippen LogP contribution in [0, 0.1) is 5.41 Å². The van der Waals surface area contributed by atoms with Crippen LogP contribution in [0.15, 0.2) is 18.2 Å². The maximum Gasteiger partial charge on any atom is 0.339 e. The molecule has 1 fully saturated rings. The lowest BCUT2D eigenvalue weighted by atomic mass is 9.91. The number of carboxylic acids is 1. The summed E-state index contributed by atoms with van der Waals surface area (Å²) in [7, 11) is 1.37. The molecular formula is C19H26N2O5. The number of likely N-dealkylation sites (tertiary alicyclic amines) is 1. The van der Waals surface area contributed by atoms with Gasteiger partial charge in [0.25, 0.3) is 0 Å². The fourth-order valence-electron chi connectivity index (χ4n) is 3.06. The quantitative estimate of drug-likeness (QED) is 0.840. The molecule has 1 aromatic carbocycles. The Morgan fingerprint density at radius 2 is 2.00 bits per heavy atom. The summed E-state index contributed by atoms with van der Waals surface area (Å²) in [6.07, 6.45) is 1.79. The van der Waals surface area contributed by atoms with Crippen LogP contribution in [-0.4, -0.2) is 47.5 Å². The van der Waals surface area contributed by atoms with Crippen molar-refractivity contribution in [2.75, 3.05) is 19.0 Å². The van der Waals surface area contributed by atoms with E-state index >= 15 is 0 Å². The number of hydrogen-bond acceptors (Lipinski definition) is 4. The van der Waals surface area contributed by atoms with Crippen LogP contribution in [-0.2, 0) is 9.59 Å². The number of nitrogens with zero attached hydrogens (tertiary/aromatic N) is 1. The third kappa shape index (κ3) is 4.74. The molecule has 2 rings (SSSR count). The molecule has 0 radical (unpaired) electrons. The third-order valence-corrected chi connectivity index (χ3v) is 4.26. The first-order valence-electron chi connectivity index (χ1n) is 8.64. The van der Waals surface area contributed by atoms with Gasteiger partial charge in [-0.25, -0.2) is 4.79 Å². The second-order valence-corrected chi connectivity index (χ2v) is 7.69. The molecule has 0 bridgehead atoms. The Bertz CT molecular complexity index is 708. The van der Waals surface area contributed by atoms with Gasteiger partial charge in [-0.05, 0) is 30.4 Å². The van der Waals surface area contributed by atoms with E-state index in [1.54, 1.807) is 4.90 Å². The SMILES string of the molecule is COc1cc(NC(=O)C2CCCN2C(=O)CC(C)(C)C)ccc1C(=O)O. The first kappa shape index (κ1) is 19.8. The second kappa shape index (κ2) is 7.76. The van der Waals surface area contributed by atoms with Gasteiger partial charge in [-0.2, -0.15) is 0 Å². The van der Waals surface area contributed by atoms with Gasteiger partial charge < -0.3 is 20.1 Å². The molecule has 26 heavy (non-hydrogen) atoms. The Hall–Kier alpha value is -2.57. The molecule has 2 amide bonds. The van der Waals surface area contributed by atoms with Gasteiger partial charge in [-0.3, -0.25) is 9.59 Å². The molecule has 0 spiro atoms. The van der Waals surface area contributed by atoms with Crippen molar-refractivity contribution < 1.29 is 24.2 Å². The van der Waals surface area contributed by atoms with Crippen molar-refractivity contribution in [3.63, 3.8) is 0 Å². The van der Waals surface area contributed by atoms with Gasteiger partial charge in [0.1, 0.15) is 17.4 Å². The molecule has 142 valence electrons. The van der Waals surface area contributed by atoms with Crippen LogP contribution in [0.5, 0.6) is 5.75 Å². The molecule has 1 heterocycles. The predicted octanol–water partition coefficient (Wildman–Crippen LogP) is 2.76. The number of ether oxygens (including phenoxy) is 1. The fraction of sp³-hybridized carbons (Fsp3) is 0.526. The minimum atomic E-state index is -1.10. The van der Waals surface area contributed by atoms with Crippen molar-refractivity contribution >= 4 is 23.5 Å². The van der Waals surface area contributed by atoms with Gasteiger partial charge in [0.05, 0.1) is 7.11 Å².